The fourth-order valence-electron chi connectivity index (χ4n) is 2.86. The average molecular weight is 356 g/mol. The Hall–Kier alpha value is -2.82. The van der Waals surface area contributed by atoms with E-state index in [9.17, 15) is 9.59 Å². The number of Topliss-reactive ketones (excluding diaryl/α,β-unsaturated/α-hetero) is 1. The van der Waals surface area contributed by atoms with Crippen LogP contribution in [-0.2, 0) is 22.6 Å². The SMILES string of the molecule is CCc1cc(C)c(OCc2c(OC)cccc2C(=O)C(=O)OC)cc1C. The van der Waals surface area contributed by atoms with Crippen molar-refractivity contribution in [3.8, 4) is 11.5 Å². The first kappa shape index (κ1) is 19.5. The normalized spacial score (nSPS) is 10.3. The van der Waals surface area contributed by atoms with Gasteiger partial charge in [-0.1, -0.05) is 25.1 Å². The van der Waals surface area contributed by atoms with Crippen LogP contribution in [0.4, 0.5) is 0 Å². The highest BCUT2D eigenvalue weighted by Crippen LogP contribution is 2.28. The summed E-state index contributed by atoms with van der Waals surface area (Å²) >= 11 is 0. The topological polar surface area (TPSA) is 61.8 Å². The standard InChI is InChI=1S/C21H24O5/c1-6-15-10-14(3)19(11-13(15)2)26-12-17-16(20(22)21(23)25-5)8-7-9-18(17)24-4/h7-11H,6,12H2,1-5H3. The number of rotatable bonds is 7. The van der Waals surface area contributed by atoms with Gasteiger partial charge in [0.2, 0.25) is 0 Å². The summed E-state index contributed by atoms with van der Waals surface area (Å²) in [5.74, 6) is -0.417. The van der Waals surface area contributed by atoms with Crippen LogP contribution in [0.5, 0.6) is 11.5 Å². The molecule has 2 aromatic rings. The first-order valence-electron chi connectivity index (χ1n) is 8.44. The van der Waals surface area contributed by atoms with Crippen molar-refractivity contribution in [3.63, 3.8) is 0 Å². The Bertz CT molecular complexity index is 823. The highest BCUT2D eigenvalue weighted by atomic mass is 16.5. The van der Waals surface area contributed by atoms with Crippen LogP contribution < -0.4 is 9.47 Å². The van der Waals surface area contributed by atoms with Crippen LogP contribution in [0, 0.1) is 13.8 Å². The lowest BCUT2D eigenvalue weighted by Gasteiger charge is -2.16. The van der Waals surface area contributed by atoms with E-state index in [1.165, 1.54) is 19.8 Å². The number of aryl methyl sites for hydroxylation is 3. The highest BCUT2D eigenvalue weighted by Gasteiger charge is 2.23. The van der Waals surface area contributed by atoms with Gasteiger partial charge in [-0.2, -0.15) is 0 Å². The second-order valence-corrected chi connectivity index (χ2v) is 5.99. The number of esters is 1. The molecule has 0 N–H and O–H groups in total. The molecule has 0 unspecified atom stereocenters. The number of hydrogen-bond donors (Lipinski definition) is 0. The second-order valence-electron chi connectivity index (χ2n) is 5.99. The zero-order valence-corrected chi connectivity index (χ0v) is 15.8. The van der Waals surface area contributed by atoms with Crippen LogP contribution in [0.1, 0.15) is 39.5 Å². The smallest absolute Gasteiger partial charge is 0.379 e. The van der Waals surface area contributed by atoms with Gasteiger partial charge in [0.15, 0.2) is 0 Å². The van der Waals surface area contributed by atoms with E-state index in [1.807, 2.05) is 19.9 Å². The average Bonchev–Trinajstić information content (AvgIpc) is 2.66. The van der Waals surface area contributed by atoms with Crippen molar-refractivity contribution >= 4 is 11.8 Å². The van der Waals surface area contributed by atoms with E-state index in [-0.39, 0.29) is 12.2 Å². The second kappa shape index (κ2) is 8.52. The molecule has 0 heterocycles. The van der Waals surface area contributed by atoms with Crippen LogP contribution in [0.2, 0.25) is 0 Å². The molecule has 0 radical (unpaired) electrons. The molecule has 0 aliphatic rings. The molecule has 0 amide bonds. The molecule has 0 fully saturated rings. The summed E-state index contributed by atoms with van der Waals surface area (Å²) in [6.45, 7) is 6.24. The van der Waals surface area contributed by atoms with Gasteiger partial charge in [-0.3, -0.25) is 4.79 Å². The third-order valence-corrected chi connectivity index (χ3v) is 4.35. The number of carbonyl (C=O) groups excluding carboxylic acids is 2. The number of methoxy groups -OCH3 is 2. The Balaban J connectivity index is 2.36. The zero-order chi connectivity index (χ0) is 19.3. The molecule has 2 rings (SSSR count). The lowest BCUT2D eigenvalue weighted by molar-refractivity contribution is -0.135. The number of ketones is 1. The molecule has 0 spiro atoms. The maximum absolute atomic E-state index is 12.3. The molecule has 0 saturated carbocycles. The van der Waals surface area contributed by atoms with Gasteiger partial charge in [0.25, 0.3) is 5.78 Å². The van der Waals surface area contributed by atoms with Crippen molar-refractivity contribution in [2.45, 2.75) is 33.8 Å². The van der Waals surface area contributed by atoms with Crippen molar-refractivity contribution in [2.75, 3.05) is 14.2 Å². The van der Waals surface area contributed by atoms with Crippen LogP contribution in [0.25, 0.3) is 0 Å². The predicted molar refractivity (Wildman–Crippen MR) is 99.0 cm³/mol. The summed E-state index contributed by atoms with van der Waals surface area (Å²) in [5.41, 5.74) is 4.17. The van der Waals surface area contributed by atoms with Gasteiger partial charge >= 0.3 is 5.97 Å². The zero-order valence-electron chi connectivity index (χ0n) is 15.8. The minimum atomic E-state index is -0.918. The fourth-order valence-corrected chi connectivity index (χ4v) is 2.86. The number of benzene rings is 2. The Labute approximate surface area is 153 Å². The third-order valence-electron chi connectivity index (χ3n) is 4.35. The minimum absolute atomic E-state index is 0.105. The van der Waals surface area contributed by atoms with Crippen LogP contribution >= 0.6 is 0 Å². The molecule has 0 aromatic heterocycles. The quantitative estimate of drug-likeness (QED) is 0.429. The molecule has 0 aliphatic carbocycles. The Morgan fingerprint density at radius 3 is 2.35 bits per heavy atom. The van der Waals surface area contributed by atoms with E-state index in [0.717, 1.165) is 23.3 Å². The number of carbonyl (C=O) groups is 2. The van der Waals surface area contributed by atoms with Gasteiger partial charge in [-0.25, -0.2) is 4.79 Å². The summed E-state index contributed by atoms with van der Waals surface area (Å²) in [5, 5.41) is 0. The van der Waals surface area contributed by atoms with Gasteiger partial charge in [0, 0.05) is 11.1 Å². The van der Waals surface area contributed by atoms with Gasteiger partial charge < -0.3 is 14.2 Å². The predicted octanol–water partition coefficient (Wildman–Crippen LogP) is 3.81. The van der Waals surface area contributed by atoms with E-state index in [2.05, 4.69) is 17.7 Å². The Morgan fingerprint density at radius 1 is 1.00 bits per heavy atom. The molecular weight excluding hydrogens is 332 g/mol. The Kier molecular flexibility index (Phi) is 6.39. The van der Waals surface area contributed by atoms with Gasteiger partial charge in [-0.05, 0) is 49.1 Å². The molecule has 0 bridgehead atoms. The van der Waals surface area contributed by atoms with E-state index < -0.39 is 11.8 Å². The van der Waals surface area contributed by atoms with Crippen molar-refractivity contribution in [3.05, 3.63) is 58.1 Å². The van der Waals surface area contributed by atoms with Crippen LogP contribution in [0.15, 0.2) is 30.3 Å². The molecule has 5 heteroatoms. The molecule has 2 aromatic carbocycles. The van der Waals surface area contributed by atoms with Gasteiger partial charge in [0.1, 0.15) is 18.1 Å². The van der Waals surface area contributed by atoms with E-state index in [0.29, 0.717) is 11.3 Å². The van der Waals surface area contributed by atoms with E-state index in [4.69, 9.17) is 9.47 Å². The molecular formula is C21H24O5. The highest BCUT2D eigenvalue weighted by molar-refractivity contribution is 6.41. The fraction of sp³-hybridized carbons (Fsp3) is 0.333. The Morgan fingerprint density at radius 2 is 1.73 bits per heavy atom. The van der Waals surface area contributed by atoms with Gasteiger partial charge in [0.05, 0.1) is 14.2 Å². The summed E-state index contributed by atoms with van der Waals surface area (Å²) in [6.07, 6.45) is 0.956. The van der Waals surface area contributed by atoms with Gasteiger partial charge in [-0.15, -0.1) is 0 Å². The molecule has 26 heavy (non-hydrogen) atoms. The monoisotopic (exact) mass is 356 g/mol. The molecule has 0 aliphatic heterocycles. The minimum Gasteiger partial charge on any atom is -0.496 e. The summed E-state index contributed by atoms with van der Waals surface area (Å²) in [6, 6.07) is 9.05. The van der Waals surface area contributed by atoms with E-state index >= 15 is 0 Å². The largest absolute Gasteiger partial charge is 0.496 e. The summed E-state index contributed by atoms with van der Waals surface area (Å²) in [4.78, 5) is 23.9. The lowest BCUT2D eigenvalue weighted by atomic mass is 10.0. The van der Waals surface area contributed by atoms with Crippen molar-refractivity contribution < 1.29 is 23.8 Å². The maximum Gasteiger partial charge on any atom is 0.379 e. The molecule has 5 nitrogen and oxygen atoms in total. The molecule has 0 atom stereocenters. The van der Waals surface area contributed by atoms with E-state index in [1.54, 1.807) is 18.2 Å². The number of hydrogen-bond acceptors (Lipinski definition) is 5. The van der Waals surface area contributed by atoms with Crippen LogP contribution in [-0.4, -0.2) is 26.0 Å². The summed E-state index contributed by atoms with van der Waals surface area (Å²) in [7, 11) is 2.69. The van der Waals surface area contributed by atoms with Crippen molar-refractivity contribution in [1.82, 2.24) is 0 Å². The molecule has 138 valence electrons. The maximum atomic E-state index is 12.3. The van der Waals surface area contributed by atoms with Crippen molar-refractivity contribution in [2.24, 2.45) is 0 Å². The number of ether oxygens (including phenoxy) is 3. The molecule has 0 saturated heterocycles. The first-order valence-corrected chi connectivity index (χ1v) is 8.44. The van der Waals surface area contributed by atoms with Crippen LogP contribution in [0.3, 0.4) is 0 Å². The summed E-state index contributed by atoms with van der Waals surface area (Å²) < 4.78 is 15.9. The third kappa shape index (κ3) is 4.04. The van der Waals surface area contributed by atoms with Crippen molar-refractivity contribution in [1.29, 1.82) is 0 Å². The first-order chi connectivity index (χ1) is 12.4. The lowest BCUT2D eigenvalue weighted by Crippen LogP contribution is -2.18.